The molecule has 0 amide bonds. The summed E-state index contributed by atoms with van der Waals surface area (Å²) in [5.41, 5.74) is 1.16. The minimum Gasteiger partial charge on any atom is -0.475 e. The van der Waals surface area contributed by atoms with Gasteiger partial charge in [0.25, 0.3) is 0 Å². The number of rotatable bonds is 6. The summed E-state index contributed by atoms with van der Waals surface area (Å²) in [7, 11) is -3.14. The molecule has 1 aliphatic rings. The van der Waals surface area contributed by atoms with Gasteiger partial charge < -0.3 is 9.67 Å². The largest absolute Gasteiger partial charge is 0.490 e. The summed E-state index contributed by atoms with van der Waals surface area (Å²) in [6.45, 7) is 2.97. The van der Waals surface area contributed by atoms with Crippen molar-refractivity contribution < 1.29 is 31.5 Å². The van der Waals surface area contributed by atoms with E-state index in [4.69, 9.17) is 9.90 Å². The van der Waals surface area contributed by atoms with E-state index in [-0.39, 0.29) is 6.04 Å². The standard InChI is InChI=1S/C13H19N5O2S2.C2HF3O2/c1-22(19,20)16-3-2-11-7-17(9-13-15-4-5-21-13)8-12-6-14-10-18(11)12;3-2(4,5)1(6)7/h4-6,10-11,16H,2-3,7-9H2,1H3;(H,6,7). The van der Waals surface area contributed by atoms with Gasteiger partial charge in [0.15, 0.2) is 0 Å². The zero-order chi connectivity index (χ0) is 21.7. The highest BCUT2D eigenvalue weighted by Crippen LogP contribution is 2.25. The molecule has 3 rings (SSSR count). The summed E-state index contributed by atoms with van der Waals surface area (Å²) in [6.07, 6.45) is 2.38. The fourth-order valence-corrected chi connectivity index (χ4v) is 3.89. The number of carboxylic acids is 1. The monoisotopic (exact) mass is 455 g/mol. The predicted molar refractivity (Wildman–Crippen MR) is 98.6 cm³/mol. The zero-order valence-corrected chi connectivity index (χ0v) is 17.0. The normalized spacial score (nSPS) is 17.3. The van der Waals surface area contributed by atoms with Gasteiger partial charge >= 0.3 is 12.1 Å². The third kappa shape index (κ3) is 7.72. The van der Waals surface area contributed by atoms with Crippen molar-refractivity contribution in [1.82, 2.24) is 24.2 Å². The smallest absolute Gasteiger partial charge is 0.475 e. The molecule has 0 saturated carbocycles. The number of alkyl halides is 3. The van der Waals surface area contributed by atoms with Crippen LogP contribution in [-0.2, 0) is 27.9 Å². The first-order chi connectivity index (χ1) is 13.5. The van der Waals surface area contributed by atoms with Crippen molar-refractivity contribution >= 4 is 27.3 Å². The first kappa shape index (κ1) is 23.3. The van der Waals surface area contributed by atoms with E-state index in [1.165, 1.54) is 6.26 Å². The van der Waals surface area contributed by atoms with Crippen LogP contribution in [0, 0.1) is 0 Å². The lowest BCUT2D eigenvalue weighted by Crippen LogP contribution is -2.38. The van der Waals surface area contributed by atoms with Crippen LogP contribution in [0.3, 0.4) is 0 Å². The molecule has 2 N–H and O–H groups in total. The number of sulfonamides is 1. The van der Waals surface area contributed by atoms with Crippen molar-refractivity contribution in [2.75, 3.05) is 19.3 Å². The Labute approximate surface area is 169 Å². The average molecular weight is 455 g/mol. The van der Waals surface area contributed by atoms with Crippen LogP contribution in [0.2, 0.25) is 0 Å². The van der Waals surface area contributed by atoms with Gasteiger partial charge in [-0.05, 0) is 6.42 Å². The van der Waals surface area contributed by atoms with Crippen LogP contribution in [-0.4, -0.2) is 64.5 Å². The molecule has 0 saturated heterocycles. The Hall–Kier alpha value is -2.03. The highest BCUT2D eigenvalue weighted by Gasteiger charge is 2.38. The van der Waals surface area contributed by atoms with Crippen LogP contribution < -0.4 is 4.72 Å². The van der Waals surface area contributed by atoms with Crippen molar-refractivity contribution in [3.05, 3.63) is 34.8 Å². The lowest BCUT2D eigenvalue weighted by molar-refractivity contribution is -0.192. The summed E-state index contributed by atoms with van der Waals surface area (Å²) >= 11 is 1.66. The Balaban J connectivity index is 0.000000370. The second kappa shape index (κ2) is 9.65. The Kier molecular flexibility index (Phi) is 7.73. The van der Waals surface area contributed by atoms with Crippen LogP contribution in [0.15, 0.2) is 24.1 Å². The third-order valence-corrected chi connectivity index (χ3v) is 5.41. The van der Waals surface area contributed by atoms with Gasteiger partial charge in [-0.15, -0.1) is 11.3 Å². The predicted octanol–water partition coefficient (Wildman–Crippen LogP) is 1.47. The number of hydrogen-bond donors (Lipinski definition) is 2. The van der Waals surface area contributed by atoms with E-state index in [1.807, 2.05) is 24.1 Å². The molecule has 1 aliphatic heterocycles. The molecule has 0 fully saturated rings. The van der Waals surface area contributed by atoms with Gasteiger partial charge in [0.05, 0.1) is 24.8 Å². The number of aromatic nitrogens is 3. The maximum Gasteiger partial charge on any atom is 0.490 e. The number of nitrogens with one attached hydrogen (secondary N) is 1. The molecular formula is C15H20F3N5O4S2. The Morgan fingerprint density at radius 3 is 2.69 bits per heavy atom. The summed E-state index contributed by atoms with van der Waals surface area (Å²) in [6, 6.07) is 0.223. The number of aliphatic carboxylic acids is 1. The average Bonchev–Trinajstić information content (AvgIpc) is 3.24. The van der Waals surface area contributed by atoms with Crippen molar-refractivity contribution in [3.63, 3.8) is 0 Å². The Bertz CT molecular complexity index is 899. The van der Waals surface area contributed by atoms with E-state index < -0.39 is 22.2 Å². The quantitative estimate of drug-likeness (QED) is 0.677. The second-order valence-corrected chi connectivity index (χ2v) is 9.11. The summed E-state index contributed by atoms with van der Waals surface area (Å²) < 4.78 is 58.8. The van der Waals surface area contributed by atoms with Crippen LogP contribution in [0.25, 0.3) is 0 Å². The van der Waals surface area contributed by atoms with E-state index in [0.29, 0.717) is 6.54 Å². The number of nitrogens with zero attached hydrogens (tertiary/aromatic N) is 4. The highest BCUT2D eigenvalue weighted by atomic mass is 32.2. The van der Waals surface area contributed by atoms with E-state index in [0.717, 1.165) is 36.8 Å². The number of carbonyl (C=O) groups is 1. The zero-order valence-electron chi connectivity index (χ0n) is 15.3. The lowest BCUT2D eigenvalue weighted by Gasteiger charge is -2.34. The van der Waals surface area contributed by atoms with Gasteiger partial charge in [-0.1, -0.05) is 0 Å². The highest BCUT2D eigenvalue weighted by molar-refractivity contribution is 7.88. The minimum absolute atomic E-state index is 0.223. The fraction of sp³-hybridized carbons (Fsp3) is 0.533. The molecule has 2 aromatic heterocycles. The molecule has 2 aromatic rings. The van der Waals surface area contributed by atoms with Gasteiger partial charge in [-0.3, -0.25) is 4.90 Å². The number of fused-ring (bicyclic) bond motifs is 1. The van der Waals surface area contributed by atoms with E-state index in [9.17, 15) is 21.6 Å². The molecule has 0 aliphatic carbocycles. The fourth-order valence-electron chi connectivity index (χ4n) is 2.75. The molecule has 162 valence electrons. The molecule has 29 heavy (non-hydrogen) atoms. The van der Waals surface area contributed by atoms with Crippen molar-refractivity contribution in [2.45, 2.75) is 31.7 Å². The first-order valence-electron chi connectivity index (χ1n) is 8.32. The number of imidazole rings is 1. The number of carboxylic acid groups (broad SMARTS) is 1. The van der Waals surface area contributed by atoms with Crippen LogP contribution in [0.5, 0.6) is 0 Å². The summed E-state index contributed by atoms with van der Waals surface area (Å²) in [5.74, 6) is -2.76. The summed E-state index contributed by atoms with van der Waals surface area (Å²) in [5, 5.41) is 10.2. The number of thiazole rings is 1. The van der Waals surface area contributed by atoms with Crippen LogP contribution in [0.1, 0.15) is 23.2 Å². The molecule has 1 atom stereocenters. The van der Waals surface area contributed by atoms with E-state index >= 15 is 0 Å². The van der Waals surface area contributed by atoms with Crippen molar-refractivity contribution in [3.8, 4) is 0 Å². The maximum absolute atomic E-state index is 11.2. The van der Waals surface area contributed by atoms with E-state index in [2.05, 4.69) is 24.2 Å². The van der Waals surface area contributed by atoms with Crippen molar-refractivity contribution in [1.29, 1.82) is 0 Å². The summed E-state index contributed by atoms with van der Waals surface area (Å²) in [4.78, 5) is 19.8. The molecule has 0 aromatic carbocycles. The molecule has 1 unspecified atom stereocenters. The topological polar surface area (TPSA) is 117 Å². The van der Waals surface area contributed by atoms with Gasteiger partial charge in [-0.2, -0.15) is 13.2 Å². The van der Waals surface area contributed by atoms with Gasteiger partial charge in [0.2, 0.25) is 10.0 Å². The SMILES string of the molecule is CS(=O)(=O)NCCC1CN(Cc2nccs2)Cc2cncn21.O=C(O)C(F)(F)F. The molecule has 9 nitrogen and oxygen atoms in total. The molecule has 0 bridgehead atoms. The van der Waals surface area contributed by atoms with Gasteiger partial charge in [-0.25, -0.2) is 27.9 Å². The maximum atomic E-state index is 11.2. The Morgan fingerprint density at radius 1 is 1.45 bits per heavy atom. The molecule has 0 spiro atoms. The van der Waals surface area contributed by atoms with Gasteiger partial charge in [0, 0.05) is 43.4 Å². The van der Waals surface area contributed by atoms with Crippen LogP contribution >= 0.6 is 11.3 Å². The van der Waals surface area contributed by atoms with Crippen molar-refractivity contribution in [2.24, 2.45) is 0 Å². The number of hydrogen-bond acceptors (Lipinski definition) is 7. The number of halogens is 3. The second-order valence-electron chi connectivity index (χ2n) is 6.30. The molecule has 14 heteroatoms. The van der Waals surface area contributed by atoms with Crippen LogP contribution in [0.4, 0.5) is 13.2 Å². The van der Waals surface area contributed by atoms with Gasteiger partial charge in [0.1, 0.15) is 5.01 Å². The lowest BCUT2D eigenvalue weighted by atomic mass is 10.1. The molecule has 3 heterocycles. The molecular weight excluding hydrogens is 435 g/mol. The third-order valence-electron chi connectivity index (χ3n) is 3.92. The minimum atomic E-state index is -5.08. The Morgan fingerprint density at radius 2 is 2.14 bits per heavy atom. The first-order valence-corrected chi connectivity index (χ1v) is 11.1. The molecule has 0 radical (unpaired) electrons. The van der Waals surface area contributed by atoms with E-state index in [1.54, 1.807) is 11.3 Å².